The number of carbonyl (C=O) groups excluding carboxylic acids is 1. The van der Waals surface area contributed by atoms with Crippen molar-refractivity contribution in [3.8, 4) is 11.3 Å². The van der Waals surface area contributed by atoms with Gasteiger partial charge < -0.3 is 5.32 Å². The number of hydrogen-bond acceptors (Lipinski definition) is 3. The highest BCUT2D eigenvalue weighted by Crippen LogP contribution is 2.40. The Labute approximate surface area is 146 Å². The summed E-state index contributed by atoms with van der Waals surface area (Å²) in [5.74, 6) is 1.24. The van der Waals surface area contributed by atoms with Crippen molar-refractivity contribution in [3.63, 3.8) is 0 Å². The number of aromatic amines is 1. The number of benzene rings is 1. The summed E-state index contributed by atoms with van der Waals surface area (Å²) in [6.45, 7) is 4.12. The van der Waals surface area contributed by atoms with Gasteiger partial charge in [0.05, 0.1) is 29.7 Å². The minimum Gasteiger partial charge on any atom is -0.306 e. The number of nitrogens with zero attached hydrogens (tertiary/aromatic N) is 3. The maximum absolute atomic E-state index is 12.9. The average Bonchev–Trinajstić information content (AvgIpc) is 3.26. The number of hydrogen-bond donors (Lipinski definition) is 2. The molecular formula is C19H21N5O. The Morgan fingerprint density at radius 3 is 2.76 bits per heavy atom. The largest absolute Gasteiger partial charge is 0.306 e. The van der Waals surface area contributed by atoms with Crippen LogP contribution in [0.3, 0.4) is 0 Å². The first-order chi connectivity index (χ1) is 12.1. The molecule has 0 aliphatic heterocycles. The van der Waals surface area contributed by atoms with Gasteiger partial charge in [0.25, 0.3) is 5.91 Å². The third kappa shape index (κ3) is 2.95. The molecule has 3 aromatic rings. The Kier molecular flexibility index (Phi) is 3.87. The van der Waals surface area contributed by atoms with Gasteiger partial charge in [0, 0.05) is 11.1 Å². The van der Waals surface area contributed by atoms with Crippen molar-refractivity contribution in [2.45, 2.75) is 32.7 Å². The summed E-state index contributed by atoms with van der Waals surface area (Å²) in [7, 11) is 0. The summed E-state index contributed by atoms with van der Waals surface area (Å²) < 4.78 is 1.94. The molecule has 1 aromatic carbocycles. The normalized spacial score (nSPS) is 15.1. The number of rotatable bonds is 5. The molecule has 4 rings (SSSR count). The Hall–Kier alpha value is -2.89. The zero-order chi connectivity index (χ0) is 17.4. The third-order valence-electron chi connectivity index (χ3n) is 4.85. The minimum atomic E-state index is -0.180. The van der Waals surface area contributed by atoms with Gasteiger partial charge in [-0.05, 0) is 32.6 Å². The van der Waals surface area contributed by atoms with Crippen molar-refractivity contribution in [2.75, 3.05) is 5.32 Å². The SMILES string of the molecule is Cc1cnn([C@@H](C)C2CC2)c1NC(=O)c1cn[nH]c1-c1ccccc1. The smallest absolute Gasteiger partial charge is 0.260 e. The lowest BCUT2D eigenvalue weighted by molar-refractivity contribution is 0.102. The van der Waals surface area contributed by atoms with Crippen LogP contribution in [0.15, 0.2) is 42.7 Å². The van der Waals surface area contributed by atoms with Gasteiger partial charge in [0.2, 0.25) is 0 Å². The number of nitrogens with one attached hydrogen (secondary N) is 2. The lowest BCUT2D eigenvalue weighted by Gasteiger charge is -2.16. The summed E-state index contributed by atoms with van der Waals surface area (Å²) in [5, 5.41) is 14.5. The van der Waals surface area contributed by atoms with Crippen molar-refractivity contribution in [2.24, 2.45) is 5.92 Å². The van der Waals surface area contributed by atoms with E-state index in [1.807, 2.05) is 48.1 Å². The van der Waals surface area contributed by atoms with E-state index in [4.69, 9.17) is 0 Å². The van der Waals surface area contributed by atoms with Crippen LogP contribution in [0.2, 0.25) is 0 Å². The lowest BCUT2D eigenvalue weighted by atomic mass is 10.1. The van der Waals surface area contributed by atoms with E-state index < -0.39 is 0 Å². The highest BCUT2D eigenvalue weighted by molar-refractivity contribution is 6.07. The molecule has 1 atom stereocenters. The standard InChI is InChI=1S/C19H21N5O/c1-12-10-21-24(13(2)14-8-9-14)18(12)22-19(25)16-11-20-23-17(16)15-6-4-3-5-7-15/h3-7,10-11,13-14H,8-9H2,1-2H3,(H,20,23)(H,22,25)/t13-/m0/s1. The molecule has 1 aliphatic rings. The van der Waals surface area contributed by atoms with E-state index in [1.54, 1.807) is 6.20 Å². The molecule has 1 fully saturated rings. The third-order valence-corrected chi connectivity index (χ3v) is 4.85. The van der Waals surface area contributed by atoms with Crippen LogP contribution in [0.4, 0.5) is 5.82 Å². The molecular weight excluding hydrogens is 314 g/mol. The molecule has 2 heterocycles. The van der Waals surface area contributed by atoms with E-state index >= 15 is 0 Å². The fourth-order valence-corrected chi connectivity index (χ4v) is 3.15. The maximum atomic E-state index is 12.9. The zero-order valence-corrected chi connectivity index (χ0v) is 14.4. The quantitative estimate of drug-likeness (QED) is 0.744. The second-order valence-electron chi connectivity index (χ2n) is 6.68. The molecule has 0 unspecified atom stereocenters. The van der Waals surface area contributed by atoms with Gasteiger partial charge in [0.15, 0.2) is 0 Å². The fourth-order valence-electron chi connectivity index (χ4n) is 3.15. The highest BCUT2D eigenvalue weighted by atomic mass is 16.1. The van der Waals surface area contributed by atoms with Gasteiger partial charge in [-0.25, -0.2) is 4.68 Å². The van der Waals surface area contributed by atoms with Crippen molar-refractivity contribution in [1.29, 1.82) is 0 Å². The van der Waals surface area contributed by atoms with Crippen LogP contribution in [0.1, 0.15) is 41.7 Å². The van der Waals surface area contributed by atoms with Crippen LogP contribution in [0.5, 0.6) is 0 Å². The van der Waals surface area contributed by atoms with E-state index in [0.717, 1.165) is 22.6 Å². The Morgan fingerprint density at radius 2 is 2.04 bits per heavy atom. The summed E-state index contributed by atoms with van der Waals surface area (Å²) in [5.41, 5.74) is 3.14. The van der Waals surface area contributed by atoms with Gasteiger partial charge in [-0.2, -0.15) is 10.2 Å². The van der Waals surface area contributed by atoms with E-state index in [2.05, 4.69) is 27.5 Å². The van der Waals surface area contributed by atoms with E-state index in [1.165, 1.54) is 12.8 Å². The molecule has 0 bridgehead atoms. The molecule has 0 saturated heterocycles. The first-order valence-electron chi connectivity index (χ1n) is 8.59. The molecule has 6 heteroatoms. The van der Waals surface area contributed by atoms with Crippen molar-refractivity contribution >= 4 is 11.7 Å². The van der Waals surface area contributed by atoms with Crippen LogP contribution in [-0.4, -0.2) is 25.9 Å². The van der Waals surface area contributed by atoms with Gasteiger partial charge in [0.1, 0.15) is 5.82 Å². The molecule has 6 nitrogen and oxygen atoms in total. The predicted octanol–water partition coefficient (Wildman–Crippen LogP) is 3.80. The van der Waals surface area contributed by atoms with Crippen LogP contribution in [-0.2, 0) is 0 Å². The number of H-pyrrole nitrogens is 1. The monoisotopic (exact) mass is 335 g/mol. The van der Waals surface area contributed by atoms with Crippen molar-refractivity contribution in [1.82, 2.24) is 20.0 Å². The molecule has 1 saturated carbocycles. The number of carbonyl (C=O) groups is 1. The summed E-state index contributed by atoms with van der Waals surface area (Å²) in [6.07, 6.45) is 5.83. The fraction of sp³-hybridized carbons (Fsp3) is 0.316. The van der Waals surface area contributed by atoms with Crippen molar-refractivity contribution in [3.05, 3.63) is 53.9 Å². The summed E-state index contributed by atoms with van der Waals surface area (Å²) in [4.78, 5) is 12.9. The highest BCUT2D eigenvalue weighted by Gasteiger charge is 2.31. The molecule has 25 heavy (non-hydrogen) atoms. The maximum Gasteiger partial charge on any atom is 0.260 e. The molecule has 1 aliphatic carbocycles. The number of anilines is 1. The van der Waals surface area contributed by atoms with Gasteiger partial charge in [-0.3, -0.25) is 9.89 Å². The van der Waals surface area contributed by atoms with Gasteiger partial charge in [-0.1, -0.05) is 30.3 Å². The topological polar surface area (TPSA) is 75.6 Å². The molecule has 1 amide bonds. The second kappa shape index (κ2) is 6.20. The second-order valence-corrected chi connectivity index (χ2v) is 6.68. The van der Waals surface area contributed by atoms with Crippen LogP contribution >= 0.6 is 0 Å². The van der Waals surface area contributed by atoms with Crippen LogP contribution in [0, 0.1) is 12.8 Å². The first-order valence-corrected chi connectivity index (χ1v) is 8.59. The molecule has 2 aromatic heterocycles. The van der Waals surface area contributed by atoms with Crippen LogP contribution in [0.25, 0.3) is 11.3 Å². The zero-order valence-electron chi connectivity index (χ0n) is 14.4. The number of aromatic nitrogens is 4. The molecule has 2 N–H and O–H groups in total. The first kappa shape index (κ1) is 15.6. The Morgan fingerprint density at radius 1 is 1.28 bits per heavy atom. The summed E-state index contributed by atoms with van der Waals surface area (Å²) >= 11 is 0. The van der Waals surface area contributed by atoms with E-state index in [9.17, 15) is 4.79 Å². The van der Waals surface area contributed by atoms with Gasteiger partial charge in [-0.15, -0.1) is 0 Å². The Balaban J connectivity index is 1.62. The minimum absolute atomic E-state index is 0.180. The van der Waals surface area contributed by atoms with Crippen LogP contribution < -0.4 is 5.32 Å². The van der Waals surface area contributed by atoms with E-state index in [0.29, 0.717) is 17.5 Å². The summed E-state index contributed by atoms with van der Waals surface area (Å²) in [6, 6.07) is 10.0. The van der Waals surface area contributed by atoms with E-state index in [-0.39, 0.29) is 5.91 Å². The number of amides is 1. The molecule has 0 radical (unpaired) electrons. The predicted molar refractivity (Wildman–Crippen MR) is 96.4 cm³/mol. The molecule has 0 spiro atoms. The van der Waals surface area contributed by atoms with Gasteiger partial charge >= 0.3 is 0 Å². The lowest BCUT2D eigenvalue weighted by Crippen LogP contribution is -2.19. The number of aryl methyl sites for hydroxylation is 1. The average molecular weight is 335 g/mol. The Bertz CT molecular complexity index is 892. The molecule has 128 valence electrons. The van der Waals surface area contributed by atoms with Crippen molar-refractivity contribution < 1.29 is 4.79 Å².